The largest absolute Gasteiger partial charge is 0.238 e. The Morgan fingerprint density at radius 3 is 2.37 bits per heavy atom. The normalized spacial score (nSPS) is 18.3. The maximum atomic E-state index is 5.69. The van der Waals surface area contributed by atoms with Crippen molar-refractivity contribution < 1.29 is 4.84 Å². The van der Waals surface area contributed by atoms with E-state index in [0.717, 1.165) is 11.1 Å². The topological polar surface area (TPSA) is 24.8 Å². The second kappa shape index (κ2) is 5.50. The van der Waals surface area contributed by atoms with Crippen molar-refractivity contribution in [3.8, 4) is 0 Å². The summed E-state index contributed by atoms with van der Waals surface area (Å²) in [5.74, 6) is 0. The molecule has 0 saturated carbocycles. The molecule has 3 rings (SSSR count). The molecule has 0 amide bonds. The van der Waals surface area contributed by atoms with E-state index in [1.54, 1.807) is 6.21 Å². The molecule has 3 nitrogen and oxygen atoms in total. The molecule has 0 bridgehead atoms. The minimum Gasteiger partial charge on any atom is -0.238 e. The summed E-state index contributed by atoms with van der Waals surface area (Å²) in [4.78, 5) is 5.69. The summed E-state index contributed by atoms with van der Waals surface area (Å²) in [6.45, 7) is 0. The highest BCUT2D eigenvalue weighted by Crippen LogP contribution is 2.22. The number of nitrogens with zero attached hydrogens (tertiary/aromatic N) is 2. The van der Waals surface area contributed by atoms with E-state index in [1.807, 2.05) is 72.9 Å². The maximum absolute atomic E-state index is 5.69. The molecule has 0 radical (unpaired) electrons. The maximum Gasteiger partial charge on any atom is 0.150 e. The highest BCUT2D eigenvalue weighted by atomic mass is 16.7. The van der Waals surface area contributed by atoms with Crippen LogP contribution in [-0.2, 0) is 4.84 Å². The summed E-state index contributed by atoms with van der Waals surface area (Å²) >= 11 is 0. The molecule has 0 saturated heterocycles. The molecule has 0 N–H and O–H groups in total. The van der Waals surface area contributed by atoms with Crippen molar-refractivity contribution >= 4 is 12.3 Å². The van der Waals surface area contributed by atoms with Gasteiger partial charge in [0.25, 0.3) is 0 Å². The lowest BCUT2D eigenvalue weighted by Gasteiger charge is -2.11. The van der Waals surface area contributed by atoms with Crippen LogP contribution < -0.4 is 0 Å². The predicted octanol–water partition coefficient (Wildman–Crippen LogP) is 3.63. The van der Waals surface area contributed by atoms with Crippen LogP contribution in [0.1, 0.15) is 17.2 Å². The molecule has 1 aliphatic rings. The minimum atomic E-state index is -0.110. The number of hydrogen-bond acceptors (Lipinski definition) is 3. The van der Waals surface area contributed by atoms with Gasteiger partial charge in [0.2, 0.25) is 0 Å². The van der Waals surface area contributed by atoms with E-state index in [1.165, 1.54) is 5.17 Å². The highest BCUT2D eigenvalue weighted by Gasteiger charge is 2.18. The second-order valence-corrected chi connectivity index (χ2v) is 4.23. The molecule has 1 atom stereocenters. The second-order valence-electron chi connectivity index (χ2n) is 4.23. The molecule has 2 aromatic rings. The molecule has 19 heavy (non-hydrogen) atoms. The molecular formula is C16H14N2O. The van der Waals surface area contributed by atoms with Gasteiger partial charge in [-0.05, 0) is 17.2 Å². The fraction of sp³-hybridized carbons (Fsp3) is 0.0625. The molecule has 0 aliphatic carbocycles. The Kier molecular flexibility index (Phi) is 3.38. The molecular weight excluding hydrogens is 236 g/mol. The summed E-state index contributed by atoms with van der Waals surface area (Å²) in [6.07, 6.45) is 5.46. The molecule has 2 aromatic carbocycles. The quantitative estimate of drug-likeness (QED) is 0.831. The predicted molar refractivity (Wildman–Crippen MR) is 76.1 cm³/mol. The fourth-order valence-electron chi connectivity index (χ4n) is 1.87. The highest BCUT2D eigenvalue weighted by molar-refractivity contribution is 5.67. The first kappa shape index (κ1) is 11.7. The monoisotopic (exact) mass is 250 g/mol. The third kappa shape index (κ3) is 2.89. The average molecular weight is 250 g/mol. The standard InChI is InChI=1S/C16H14N2O/c1-3-7-14(8-4-1)11-12-18-17-13-16(19-18)15-9-5-2-6-10-15/h1-13,16H. The molecule has 0 aromatic heterocycles. The number of hydrazone groups is 1. The van der Waals surface area contributed by atoms with Crippen molar-refractivity contribution in [2.75, 3.05) is 0 Å². The zero-order valence-corrected chi connectivity index (χ0v) is 10.4. The number of rotatable bonds is 3. The van der Waals surface area contributed by atoms with Crippen molar-refractivity contribution in [1.82, 2.24) is 5.17 Å². The van der Waals surface area contributed by atoms with Gasteiger partial charge in [-0.3, -0.25) is 0 Å². The average Bonchev–Trinajstić information content (AvgIpc) is 2.96. The first-order valence-electron chi connectivity index (χ1n) is 6.20. The van der Waals surface area contributed by atoms with Crippen LogP contribution >= 0.6 is 0 Å². The summed E-state index contributed by atoms with van der Waals surface area (Å²) in [5, 5.41) is 5.70. The van der Waals surface area contributed by atoms with Crippen LogP contribution in [0.3, 0.4) is 0 Å². The Morgan fingerprint density at radius 1 is 0.947 bits per heavy atom. The number of hydroxylamine groups is 1. The van der Waals surface area contributed by atoms with Gasteiger partial charge in [0.05, 0.1) is 12.4 Å². The van der Waals surface area contributed by atoms with E-state index in [2.05, 4.69) is 5.10 Å². The van der Waals surface area contributed by atoms with Crippen LogP contribution in [0.5, 0.6) is 0 Å². The van der Waals surface area contributed by atoms with E-state index < -0.39 is 0 Å². The van der Waals surface area contributed by atoms with Crippen molar-refractivity contribution in [2.24, 2.45) is 5.10 Å². The van der Waals surface area contributed by atoms with E-state index in [-0.39, 0.29) is 6.10 Å². The van der Waals surface area contributed by atoms with Gasteiger partial charge >= 0.3 is 0 Å². The van der Waals surface area contributed by atoms with Gasteiger partial charge < -0.3 is 0 Å². The Labute approximate surface area is 112 Å². The lowest BCUT2D eigenvalue weighted by molar-refractivity contribution is -0.120. The summed E-state index contributed by atoms with van der Waals surface area (Å²) in [7, 11) is 0. The Bertz CT molecular complexity index is 578. The zero-order valence-electron chi connectivity index (χ0n) is 10.4. The Morgan fingerprint density at radius 2 is 1.63 bits per heavy atom. The third-order valence-corrected chi connectivity index (χ3v) is 2.86. The summed E-state index contributed by atoms with van der Waals surface area (Å²) in [5.41, 5.74) is 2.21. The van der Waals surface area contributed by atoms with E-state index in [4.69, 9.17) is 4.84 Å². The fourth-order valence-corrected chi connectivity index (χ4v) is 1.87. The number of hydrogen-bond donors (Lipinski definition) is 0. The Balaban J connectivity index is 1.64. The van der Waals surface area contributed by atoms with Gasteiger partial charge in [-0.2, -0.15) is 5.10 Å². The smallest absolute Gasteiger partial charge is 0.150 e. The molecule has 1 heterocycles. The molecule has 1 unspecified atom stereocenters. The van der Waals surface area contributed by atoms with Crippen molar-refractivity contribution in [3.63, 3.8) is 0 Å². The zero-order chi connectivity index (χ0) is 12.9. The third-order valence-electron chi connectivity index (χ3n) is 2.86. The van der Waals surface area contributed by atoms with Gasteiger partial charge in [-0.1, -0.05) is 60.7 Å². The number of benzene rings is 2. The summed E-state index contributed by atoms with van der Waals surface area (Å²) in [6, 6.07) is 20.1. The molecule has 3 heteroatoms. The lowest BCUT2D eigenvalue weighted by Crippen LogP contribution is -2.07. The first-order chi connectivity index (χ1) is 9.42. The molecule has 1 aliphatic heterocycles. The Hall–Kier alpha value is -2.39. The van der Waals surface area contributed by atoms with Gasteiger partial charge in [0.1, 0.15) is 6.10 Å². The van der Waals surface area contributed by atoms with Gasteiger partial charge in [-0.25, -0.2) is 4.84 Å². The first-order valence-corrected chi connectivity index (χ1v) is 6.20. The van der Waals surface area contributed by atoms with Gasteiger partial charge in [-0.15, -0.1) is 5.17 Å². The summed E-state index contributed by atoms with van der Waals surface area (Å²) < 4.78 is 0. The van der Waals surface area contributed by atoms with E-state index in [0.29, 0.717) is 0 Å². The molecule has 0 spiro atoms. The molecule has 94 valence electrons. The molecule has 0 fully saturated rings. The lowest BCUT2D eigenvalue weighted by atomic mass is 10.1. The van der Waals surface area contributed by atoms with Gasteiger partial charge in [0, 0.05) is 0 Å². The SMILES string of the molecule is C(=CN1N=CC(c2ccccc2)O1)c1ccccc1. The van der Waals surface area contributed by atoms with E-state index in [9.17, 15) is 0 Å². The van der Waals surface area contributed by atoms with E-state index >= 15 is 0 Å². The van der Waals surface area contributed by atoms with Crippen LogP contribution in [0.25, 0.3) is 6.08 Å². The van der Waals surface area contributed by atoms with Crippen LogP contribution in [0.15, 0.2) is 72.0 Å². The van der Waals surface area contributed by atoms with Crippen molar-refractivity contribution in [3.05, 3.63) is 78.0 Å². The van der Waals surface area contributed by atoms with Crippen molar-refractivity contribution in [2.45, 2.75) is 6.10 Å². The van der Waals surface area contributed by atoms with Crippen molar-refractivity contribution in [1.29, 1.82) is 0 Å². The van der Waals surface area contributed by atoms with Crippen LogP contribution in [0.2, 0.25) is 0 Å². The van der Waals surface area contributed by atoms with Crippen LogP contribution in [0.4, 0.5) is 0 Å². The minimum absolute atomic E-state index is 0.110. The van der Waals surface area contributed by atoms with Crippen LogP contribution in [0, 0.1) is 0 Å². The van der Waals surface area contributed by atoms with Crippen LogP contribution in [-0.4, -0.2) is 11.4 Å². The van der Waals surface area contributed by atoms with Gasteiger partial charge in [0.15, 0.2) is 0 Å².